The smallest absolute Gasteiger partial charge is 0.214 e. The summed E-state index contributed by atoms with van der Waals surface area (Å²) < 4.78 is 33.3. The summed E-state index contributed by atoms with van der Waals surface area (Å²) in [6.45, 7) is 1.97. The Morgan fingerprint density at radius 1 is 1.26 bits per heavy atom. The van der Waals surface area contributed by atoms with E-state index in [1.54, 1.807) is 4.31 Å². The second kappa shape index (κ2) is 6.14. The van der Waals surface area contributed by atoms with Crippen molar-refractivity contribution in [2.75, 3.05) is 25.4 Å². The third-order valence-corrected chi connectivity index (χ3v) is 8.81. The van der Waals surface area contributed by atoms with Crippen LogP contribution in [0.2, 0.25) is 0 Å². The molecule has 1 saturated carbocycles. The molecule has 128 valence electrons. The van der Waals surface area contributed by atoms with Crippen molar-refractivity contribution in [1.29, 1.82) is 0 Å². The van der Waals surface area contributed by atoms with Gasteiger partial charge >= 0.3 is 0 Å². The van der Waals surface area contributed by atoms with Crippen molar-refractivity contribution in [1.82, 2.24) is 4.31 Å². The van der Waals surface area contributed by atoms with Gasteiger partial charge in [-0.05, 0) is 48.6 Å². The fraction of sp³-hybridized carbons (Fsp3) is 0.765. The number of hydrogen-bond acceptors (Lipinski definition) is 4. The number of nitrogens with zero attached hydrogens (tertiary/aromatic N) is 1. The third kappa shape index (κ3) is 2.99. The molecule has 0 atom stereocenters. The molecule has 0 amide bonds. The Hall–Kier alpha value is -0.430. The molecule has 1 spiro atoms. The highest BCUT2D eigenvalue weighted by atomic mass is 32.2. The highest BCUT2D eigenvalue weighted by molar-refractivity contribution is 7.89. The quantitative estimate of drug-likeness (QED) is 0.837. The third-order valence-electron chi connectivity index (χ3n) is 5.79. The molecule has 3 heterocycles. The van der Waals surface area contributed by atoms with Gasteiger partial charge in [0.15, 0.2) is 0 Å². The fourth-order valence-corrected chi connectivity index (χ4v) is 7.31. The first-order valence-electron chi connectivity index (χ1n) is 8.78. The van der Waals surface area contributed by atoms with Crippen LogP contribution in [0.15, 0.2) is 11.4 Å². The van der Waals surface area contributed by atoms with Crippen LogP contribution in [0.25, 0.3) is 0 Å². The first-order chi connectivity index (χ1) is 11.1. The van der Waals surface area contributed by atoms with Gasteiger partial charge < -0.3 is 4.74 Å². The average molecular weight is 356 g/mol. The predicted octanol–water partition coefficient (Wildman–Crippen LogP) is 3.13. The minimum absolute atomic E-state index is 0.229. The van der Waals surface area contributed by atoms with Gasteiger partial charge in [0, 0.05) is 24.4 Å². The summed E-state index contributed by atoms with van der Waals surface area (Å²) in [6, 6.07) is 2.18. The van der Waals surface area contributed by atoms with Crippen LogP contribution in [0, 0.1) is 5.92 Å². The molecule has 0 N–H and O–H groups in total. The molecule has 1 saturated heterocycles. The Balaban J connectivity index is 1.45. The van der Waals surface area contributed by atoms with Crippen LogP contribution in [0.3, 0.4) is 0 Å². The van der Waals surface area contributed by atoms with E-state index in [4.69, 9.17) is 4.74 Å². The molecule has 2 fully saturated rings. The van der Waals surface area contributed by atoms with Crippen molar-refractivity contribution >= 4 is 21.4 Å². The molecule has 0 bridgehead atoms. The van der Waals surface area contributed by atoms with E-state index in [2.05, 4.69) is 11.4 Å². The lowest BCUT2D eigenvalue weighted by molar-refractivity contribution is -0.0882. The van der Waals surface area contributed by atoms with E-state index < -0.39 is 10.0 Å². The van der Waals surface area contributed by atoms with Crippen LogP contribution in [0.1, 0.15) is 49.0 Å². The molecule has 0 unspecified atom stereocenters. The van der Waals surface area contributed by atoms with Crippen LogP contribution >= 0.6 is 11.3 Å². The van der Waals surface area contributed by atoms with E-state index in [-0.39, 0.29) is 5.60 Å². The van der Waals surface area contributed by atoms with Gasteiger partial charge in [0.1, 0.15) is 0 Å². The Kier molecular flexibility index (Phi) is 4.28. The van der Waals surface area contributed by atoms with Crippen molar-refractivity contribution in [3.05, 3.63) is 21.9 Å². The van der Waals surface area contributed by atoms with E-state index in [1.165, 1.54) is 23.3 Å². The topological polar surface area (TPSA) is 46.6 Å². The largest absolute Gasteiger partial charge is 0.370 e. The van der Waals surface area contributed by atoms with Gasteiger partial charge in [-0.1, -0.05) is 12.8 Å². The summed E-state index contributed by atoms with van der Waals surface area (Å²) in [5.41, 5.74) is 1.09. The number of thiophene rings is 1. The molecule has 23 heavy (non-hydrogen) atoms. The molecule has 4 nitrogen and oxygen atoms in total. The molecule has 0 aromatic carbocycles. The summed E-state index contributed by atoms with van der Waals surface area (Å²) in [5.74, 6) is 0.732. The second-order valence-electron chi connectivity index (χ2n) is 7.18. The number of rotatable bonds is 3. The standard InChI is InChI=1S/C17H25NO3S2/c19-23(20,13-14-3-1-2-4-14)18-9-7-17(8-10-18)15-6-12-22-16(15)5-11-21-17/h6,12,14H,1-5,7-11,13H2. The van der Waals surface area contributed by atoms with Gasteiger partial charge in [-0.25, -0.2) is 12.7 Å². The summed E-state index contributed by atoms with van der Waals surface area (Å²) in [6.07, 6.45) is 7.13. The van der Waals surface area contributed by atoms with Gasteiger partial charge in [0.2, 0.25) is 10.0 Å². The predicted molar refractivity (Wildman–Crippen MR) is 92.2 cm³/mol. The maximum Gasteiger partial charge on any atom is 0.214 e. The first-order valence-corrected chi connectivity index (χ1v) is 11.3. The Morgan fingerprint density at radius 3 is 2.74 bits per heavy atom. The normalized spacial score (nSPS) is 25.7. The van der Waals surface area contributed by atoms with Crippen molar-refractivity contribution in [3.8, 4) is 0 Å². The lowest BCUT2D eigenvalue weighted by Gasteiger charge is -2.43. The molecule has 2 aliphatic heterocycles. The summed E-state index contributed by atoms with van der Waals surface area (Å²) in [4.78, 5) is 1.43. The zero-order valence-electron chi connectivity index (χ0n) is 13.5. The van der Waals surface area contributed by atoms with Gasteiger partial charge in [0.25, 0.3) is 0 Å². The average Bonchev–Trinajstić information content (AvgIpc) is 3.19. The van der Waals surface area contributed by atoms with Crippen molar-refractivity contribution in [2.45, 2.75) is 50.5 Å². The van der Waals surface area contributed by atoms with E-state index in [0.717, 1.165) is 38.7 Å². The summed E-state index contributed by atoms with van der Waals surface area (Å²) in [7, 11) is -3.11. The number of ether oxygens (including phenoxy) is 1. The van der Waals surface area contributed by atoms with Crippen LogP contribution in [0.4, 0.5) is 0 Å². The van der Waals surface area contributed by atoms with E-state index in [9.17, 15) is 8.42 Å². The molecule has 1 aromatic rings. The van der Waals surface area contributed by atoms with Crippen molar-refractivity contribution in [2.24, 2.45) is 5.92 Å². The van der Waals surface area contributed by atoms with E-state index in [0.29, 0.717) is 24.8 Å². The van der Waals surface area contributed by atoms with Gasteiger partial charge in [-0.3, -0.25) is 0 Å². The monoisotopic (exact) mass is 355 g/mol. The minimum atomic E-state index is -3.11. The molecular weight excluding hydrogens is 330 g/mol. The zero-order valence-corrected chi connectivity index (χ0v) is 15.1. The minimum Gasteiger partial charge on any atom is -0.370 e. The van der Waals surface area contributed by atoms with Crippen LogP contribution in [0.5, 0.6) is 0 Å². The molecule has 6 heteroatoms. The number of sulfonamides is 1. The molecule has 4 rings (SSSR count). The van der Waals surface area contributed by atoms with Gasteiger partial charge in [-0.15, -0.1) is 11.3 Å². The van der Waals surface area contributed by atoms with Crippen LogP contribution in [-0.4, -0.2) is 38.2 Å². The van der Waals surface area contributed by atoms with E-state index in [1.807, 2.05) is 11.3 Å². The van der Waals surface area contributed by atoms with Crippen molar-refractivity contribution in [3.63, 3.8) is 0 Å². The molecular formula is C17H25NO3S2. The van der Waals surface area contributed by atoms with E-state index >= 15 is 0 Å². The lowest BCUT2D eigenvalue weighted by Crippen LogP contribution is -2.48. The van der Waals surface area contributed by atoms with Gasteiger partial charge in [-0.2, -0.15) is 0 Å². The van der Waals surface area contributed by atoms with Gasteiger partial charge in [0.05, 0.1) is 18.0 Å². The fourth-order valence-electron chi connectivity index (χ4n) is 4.48. The highest BCUT2D eigenvalue weighted by Crippen LogP contribution is 2.43. The Labute approximate surface area is 142 Å². The second-order valence-corrected chi connectivity index (χ2v) is 10.2. The summed E-state index contributed by atoms with van der Waals surface area (Å²) in [5, 5.41) is 2.14. The molecule has 0 radical (unpaired) electrons. The number of piperidine rings is 1. The van der Waals surface area contributed by atoms with Crippen molar-refractivity contribution < 1.29 is 13.2 Å². The maximum atomic E-state index is 12.7. The Morgan fingerprint density at radius 2 is 2.00 bits per heavy atom. The van der Waals surface area contributed by atoms with Crippen LogP contribution < -0.4 is 0 Å². The maximum absolute atomic E-state index is 12.7. The molecule has 1 aromatic heterocycles. The van der Waals surface area contributed by atoms with Crippen LogP contribution in [-0.2, 0) is 26.8 Å². The Bertz CT molecular complexity index is 653. The summed E-state index contributed by atoms with van der Waals surface area (Å²) >= 11 is 1.81. The lowest BCUT2D eigenvalue weighted by atomic mass is 9.83. The molecule has 1 aliphatic carbocycles. The molecule has 3 aliphatic rings. The zero-order chi connectivity index (χ0) is 15.9. The first kappa shape index (κ1) is 16.1. The number of hydrogen-bond donors (Lipinski definition) is 0. The SMILES string of the molecule is O=S(=O)(CC1CCCC1)N1CCC2(CC1)OCCc1sccc12. The number of fused-ring (bicyclic) bond motifs is 2. The highest BCUT2D eigenvalue weighted by Gasteiger charge is 2.43.